The van der Waals surface area contributed by atoms with E-state index in [1.54, 1.807) is 30.3 Å². The second-order valence-electron chi connectivity index (χ2n) is 5.09. The Bertz CT molecular complexity index is 662. The average molecular weight is 287 g/mol. The number of carboxylic acid groups (broad SMARTS) is 1. The monoisotopic (exact) mass is 287 g/mol. The molecule has 0 saturated carbocycles. The zero-order valence-electron chi connectivity index (χ0n) is 11.9. The normalized spacial score (nSPS) is 10.6. The molecule has 1 aromatic heterocycles. The summed E-state index contributed by atoms with van der Waals surface area (Å²) in [6.07, 6.45) is -0.0797. The van der Waals surface area contributed by atoms with E-state index in [0.717, 1.165) is 5.69 Å². The molecule has 2 aromatic rings. The van der Waals surface area contributed by atoms with Crippen molar-refractivity contribution in [3.63, 3.8) is 0 Å². The number of carbonyl (C=O) groups is 2. The van der Waals surface area contributed by atoms with Crippen molar-refractivity contribution < 1.29 is 14.7 Å². The predicted octanol–water partition coefficient (Wildman–Crippen LogP) is 2.41. The highest BCUT2D eigenvalue weighted by molar-refractivity contribution is 6.03. The van der Waals surface area contributed by atoms with Gasteiger partial charge < -0.3 is 10.4 Å². The van der Waals surface area contributed by atoms with Crippen molar-refractivity contribution >= 4 is 17.6 Å². The van der Waals surface area contributed by atoms with Gasteiger partial charge in [-0.25, -0.2) is 0 Å². The summed E-state index contributed by atoms with van der Waals surface area (Å²) in [5, 5.41) is 18.3. The van der Waals surface area contributed by atoms with Gasteiger partial charge >= 0.3 is 5.97 Å². The number of benzene rings is 1. The molecule has 1 aromatic carbocycles. The molecule has 0 radical (unpaired) electrons. The Balaban J connectivity index is 2.09. The van der Waals surface area contributed by atoms with E-state index < -0.39 is 5.97 Å². The fourth-order valence-electron chi connectivity index (χ4n) is 1.88. The first-order valence-corrected chi connectivity index (χ1v) is 6.63. The molecule has 6 heteroatoms. The SMILES string of the molecule is CC(C)c1cc(C(=O)Nc2cccc(CC(=O)O)c2)n[nH]1. The Morgan fingerprint density at radius 2 is 2.10 bits per heavy atom. The molecule has 0 aliphatic carbocycles. The minimum absolute atomic E-state index is 0.0797. The quantitative estimate of drug-likeness (QED) is 0.787. The van der Waals surface area contributed by atoms with Crippen molar-refractivity contribution in [2.24, 2.45) is 0 Å². The van der Waals surface area contributed by atoms with E-state index >= 15 is 0 Å². The van der Waals surface area contributed by atoms with E-state index in [0.29, 0.717) is 16.9 Å². The number of nitrogens with zero attached hydrogens (tertiary/aromatic N) is 1. The molecule has 0 fully saturated rings. The van der Waals surface area contributed by atoms with Crippen LogP contribution in [0.1, 0.15) is 41.5 Å². The van der Waals surface area contributed by atoms with Crippen molar-refractivity contribution in [3.05, 3.63) is 47.3 Å². The molecule has 0 aliphatic heterocycles. The van der Waals surface area contributed by atoms with Crippen LogP contribution in [0.5, 0.6) is 0 Å². The third-order valence-electron chi connectivity index (χ3n) is 2.99. The van der Waals surface area contributed by atoms with Crippen molar-refractivity contribution in [2.45, 2.75) is 26.2 Å². The average Bonchev–Trinajstić information content (AvgIpc) is 2.88. The van der Waals surface area contributed by atoms with Crippen molar-refractivity contribution in [2.75, 3.05) is 5.32 Å². The summed E-state index contributed by atoms with van der Waals surface area (Å²) in [6, 6.07) is 8.47. The molecule has 3 N–H and O–H groups in total. The topological polar surface area (TPSA) is 95.1 Å². The van der Waals surface area contributed by atoms with Gasteiger partial charge in [0.15, 0.2) is 5.69 Å². The first-order chi connectivity index (χ1) is 9.95. The molecule has 21 heavy (non-hydrogen) atoms. The number of aromatic nitrogens is 2. The van der Waals surface area contributed by atoms with Gasteiger partial charge in [-0.05, 0) is 29.7 Å². The minimum Gasteiger partial charge on any atom is -0.481 e. The van der Waals surface area contributed by atoms with Gasteiger partial charge in [-0.1, -0.05) is 26.0 Å². The lowest BCUT2D eigenvalue weighted by Crippen LogP contribution is -2.12. The standard InChI is InChI=1S/C15H17N3O3/c1-9(2)12-8-13(18-17-12)15(21)16-11-5-3-4-10(6-11)7-14(19)20/h3-6,8-9H,7H2,1-2H3,(H,16,21)(H,17,18)(H,19,20). The Morgan fingerprint density at radius 3 is 2.71 bits per heavy atom. The van der Waals surface area contributed by atoms with Gasteiger partial charge in [-0.15, -0.1) is 0 Å². The van der Waals surface area contributed by atoms with Crippen LogP contribution in [-0.2, 0) is 11.2 Å². The maximum atomic E-state index is 12.1. The van der Waals surface area contributed by atoms with Crippen molar-refractivity contribution in [3.8, 4) is 0 Å². The van der Waals surface area contributed by atoms with E-state index in [4.69, 9.17) is 5.11 Å². The van der Waals surface area contributed by atoms with Crippen molar-refractivity contribution in [1.29, 1.82) is 0 Å². The zero-order valence-corrected chi connectivity index (χ0v) is 11.9. The molecule has 2 rings (SSSR count). The Morgan fingerprint density at radius 1 is 1.33 bits per heavy atom. The van der Waals surface area contributed by atoms with Gasteiger partial charge in [-0.3, -0.25) is 14.7 Å². The lowest BCUT2D eigenvalue weighted by Gasteiger charge is -2.05. The van der Waals surface area contributed by atoms with Gasteiger partial charge in [0.2, 0.25) is 0 Å². The molecule has 0 aliphatic rings. The maximum absolute atomic E-state index is 12.1. The molecule has 0 unspecified atom stereocenters. The van der Waals surface area contributed by atoms with Crippen LogP contribution in [-0.4, -0.2) is 27.2 Å². The van der Waals surface area contributed by atoms with E-state index in [1.165, 1.54) is 0 Å². The van der Waals surface area contributed by atoms with Crippen LogP contribution in [0.25, 0.3) is 0 Å². The van der Waals surface area contributed by atoms with Crippen LogP contribution >= 0.6 is 0 Å². The lowest BCUT2D eigenvalue weighted by molar-refractivity contribution is -0.136. The first kappa shape index (κ1) is 14.8. The van der Waals surface area contributed by atoms with E-state index in [-0.39, 0.29) is 18.2 Å². The highest BCUT2D eigenvalue weighted by Gasteiger charge is 2.12. The van der Waals surface area contributed by atoms with Gasteiger partial charge in [0.05, 0.1) is 6.42 Å². The first-order valence-electron chi connectivity index (χ1n) is 6.63. The minimum atomic E-state index is -0.910. The third-order valence-corrected chi connectivity index (χ3v) is 2.99. The number of nitrogens with one attached hydrogen (secondary N) is 2. The fourth-order valence-corrected chi connectivity index (χ4v) is 1.88. The summed E-state index contributed by atoms with van der Waals surface area (Å²) in [5.41, 5.74) is 2.38. The van der Waals surface area contributed by atoms with Gasteiger partial charge in [0, 0.05) is 11.4 Å². The van der Waals surface area contributed by atoms with Crippen LogP contribution in [0, 0.1) is 0 Å². The van der Waals surface area contributed by atoms with E-state index in [1.807, 2.05) is 13.8 Å². The summed E-state index contributed by atoms with van der Waals surface area (Å²) >= 11 is 0. The molecule has 0 saturated heterocycles. The van der Waals surface area contributed by atoms with Crippen LogP contribution in [0.2, 0.25) is 0 Å². The summed E-state index contributed by atoms with van der Waals surface area (Å²) in [6.45, 7) is 4.01. The van der Waals surface area contributed by atoms with Crippen LogP contribution < -0.4 is 5.32 Å². The van der Waals surface area contributed by atoms with Gasteiger partial charge in [0.1, 0.15) is 0 Å². The second kappa shape index (κ2) is 6.21. The molecule has 6 nitrogen and oxygen atoms in total. The van der Waals surface area contributed by atoms with Crippen LogP contribution in [0.3, 0.4) is 0 Å². The van der Waals surface area contributed by atoms with Gasteiger partial charge in [-0.2, -0.15) is 5.10 Å². The number of carbonyl (C=O) groups excluding carboxylic acids is 1. The van der Waals surface area contributed by atoms with Gasteiger partial charge in [0.25, 0.3) is 5.91 Å². The summed E-state index contributed by atoms with van der Waals surface area (Å²) < 4.78 is 0. The predicted molar refractivity (Wildman–Crippen MR) is 78.4 cm³/mol. The summed E-state index contributed by atoms with van der Waals surface area (Å²) in [4.78, 5) is 22.8. The zero-order chi connectivity index (χ0) is 15.4. The molecule has 0 spiro atoms. The molecular formula is C15H17N3O3. The molecule has 1 heterocycles. The number of anilines is 1. The number of aromatic amines is 1. The Labute approximate surface area is 122 Å². The maximum Gasteiger partial charge on any atom is 0.307 e. The van der Waals surface area contributed by atoms with E-state index in [2.05, 4.69) is 15.5 Å². The number of hydrogen-bond acceptors (Lipinski definition) is 3. The molecule has 110 valence electrons. The third kappa shape index (κ3) is 3.92. The highest BCUT2D eigenvalue weighted by Crippen LogP contribution is 2.15. The van der Waals surface area contributed by atoms with E-state index in [9.17, 15) is 9.59 Å². The fraction of sp³-hybridized carbons (Fsp3) is 0.267. The number of carboxylic acids is 1. The molecule has 0 bridgehead atoms. The molecular weight excluding hydrogens is 270 g/mol. The lowest BCUT2D eigenvalue weighted by atomic mass is 10.1. The summed E-state index contributed by atoms with van der Waals surface area (Å²) in [7, 11) is 0. The number of H-pyrrole nitrogens is 1. The Hall–Kier alpha value is -2.63. The highest BCUT2D eigenvalue weighted by atomic mass is 16.4. The number of amides is 1. The van der Waals surface area contributed by atoms with Crippen LogP contribution in [0.4, 0.5) is 5.69 Å². The number of rotatable bonds is 5. The largest absolute Gasteiger partial charge is 0.481 e. The smallest absolute Gasteiger partial charge is 0.307 e. The van der Waals surface area contributed by atoms with Crippen LogP contribution in [0.15, 0.2) is 30.3 Å². The number of hydrogen-bond donors (Lipinski definition) is 3. The van der Waals surface area contributed by atoms with Crippen molar-refractivity contribution in [1.82, 2.24) is 10.2 Å². The Kier molecular flexibility index (Phi) is 4.37. The second-order valence-corrected chi connectivity index (χ2v) is 5.09. The summed E-state index contributed by atoms with van der Waals surface area (Å²) in [5.74, 6) is -0.976. The molecule has 0 atom stereocenters. The number of aliphatic carboxylic acids is 1. The molecule has 1 amide bonds.